The van der Waals surface area contributed by atoms with Gasteiger partial charge < -0.3 is 10.7 Å². The van der Waals surface area contributed by atoms with Gasteiger partial charge in [-0.15, -0.1) is 11.3 Å². The summed E-state index contributed by atoms with van der Waals surface area (Å²) in [5.74, 6) is 0. The SMILES string of the molecule is Cc1ccc(-c2c(C#N)c(N)c(C#N)c3[nH]c(=S)sc23)cc1. The fourth-order valence-corrected chi connectivity index (χ4v) is 3.68. The number of H-pyrrole nitrogens is 1. The van der Waals surface area contributed by atoms with Crippen molar-refractivity contribution in [3.05, 3.63) is 44.9 Å². The van der Waals surface area contributed by atoms with Gasteiger partial charge in [0.2, 0.25) is 0 Å². The largest absolute Gasteiger partial charge is 0.396 e. The van der Waals surface area contributed by atoms with Crippen molar-refractivity contribution in [3.8, 4) is 23.3 Å². The number of aryl methyl sites for hydroxylation is 1. The van der Waals surface area contributed by atoms with Crippen LogP contribution in [0.25, 0.3) is 21.3 Å². The Labute approximate surface area is 136 Å². The molecular formula is C16H10N4S2. The third kappa shape index (κ3) is 2.06. The zero-order valence-electron chi connectivity index (χ0n) is 11.6. The Morgan fingerprint density at radius 3 is 2.36 bits per heavy atom. The Bertz CT molecular complexity index is 1030. The van der Waals surface area contributed by atoms with E-state index in [1.54, 1.807) is 0 Å². The van der Waals surface area contributed by atoms with Gasteiger partial charge in [-0.2, -0.15) is 10.5 Å². The summed E-state index contributed by atoms with van der Waals surface area (Å²) in [5.41, 5.74) is 10.2. The summed E-state index contributed by atoms with van der Waals surface area (Å²) in [4.78, 5) is 3.01. The van der Waals surface area contributed by atoms with Gasteiger partial charge in [-0.1, -0.05) is 29.8 Å². The smallest absolute Gasteiger partial charge is 0.159 e. The Balaban J connectivity index is 2.54. The summed E-state index contributed by atoms with van der Waals surface area (Å²) in [6.07, 6.45) is 0. The van der Waals surface area contributed by atoms with Crippen LogP contribution in [0, 0.1) is 33.5 Å². The molecule has 3 N–H and O–H groups in total. The molecule has 0 saturated carbocycles. The van der Waals surface area contributed by atoms with Crippen LogP contribution in [0.2, 0.25) is 0 Å². The number of hydrogen-bond acceptors (Lipinski definition) is 5. The molecule has 2 aromatic carbocycles. The molecule has 3 rings (SSSR count). The van der Waals surface area contributed by atoms with E-state index < -0.39 is 0 Å². The van der Waals surface area contributed by atoms with Crippen LogP contribution < -0.4 is 5.73 Å². The van der Waals surface area contributed by atoms with Crippen molar-refractivity contribution in [3.63, 3.8) is 0 Å². The molecule has 1 heterocycles. The molecule has 4 nitrogen and oxygen atoms in total. The van der Waals surface area contributed by atoms with Crippen molar-refractivity contribution >= 4 is 39.5 Å². The normalized spacial score (nSPS) is 10.3. The van der Waals surface area contributed by atoms with Crippen LogP contribution in [0.4, 0.5) is 5.69 Å². The van der Waals surface area contributed by atoms with Gasteiger partial charge in [-0.3, -0.25) is 0 Å². The van der Waals surface area contributed by atoms with Crippen LogP contribution in [0.1, 0.15) is 16.7 Å². The summed E-state index contributed by atoms with van der Waals surface area (Å²) in [7, 11) is 0. The second-order valence-corrected chi connectivity index (χ2v) is 6.53. The number of aromatic amines is 1. The van der Waals surface area contributed by atoms with E-state index in [9.17, 15) is 10.5 Å². The first-order valence-corrected chi connectivity index (χ1v) is 7.64. The van der Waals surface area contributed by atoms with Gasteiger partial charge in [0.15, 0.2) is 3.95 Å². The first kappa shape index (κ1) is 14.3. The van der Waals surface area contributed by atoms with Crippen LogP contribution in [-0.4, -0.2) is 4.98 Å². The molecule has 0 bridgehead atoms. The standard InChI is InChI=1S/C16H10N4S2/c1-8-2-4-9(5-3-8)12-10(6-17)13(19)11(7-18)14-15(12)22-16(21)20-14/h2-5H,19H2,1H3,(H,20,21). The number of benzene rings is 2. The van der Waals surface area contributed by atoms with Gasteiger partial charge >= 0.3 is 0 Å². The summed E-state index contributed by atoms with van der Waals surface area (Å²) >= 11 is 6.55. The van der Waals surface area contributed by atoms with E-state index in [1.165, 1.54) is 11.3 Å². The number of nitriles is 2. The highest BCUT2D eigenvalue weighted by Crippen LogP contribution is 2.40. The fraction of sp³-hybridized carbons (Fsp3) is 0.0625. The Hall–Kier alpha value is -2.67. The van der Waals surface area contributed by atoms with E-state index in [4.69, 9.17) is 18.0 Å². The molecule has 0 aliphatic heterocycles. The minimum atomic E-state index is 0.192. The van der Waals surface area contributed by atoms with Gasteiger partial charge in [0.1, 0.15) is 17.7 Å². The fourth-order valence-electron chi connectivity index (χ4n) is 2.42. The van der Waals surface area contributed by atoms with Crippen LogP contribution in [-0.2, 0) is 0 Å². The number of anilines is 1. The molecule has 0 aliphatic carbocycles. The highest BCUT2D eigenvalue weighted by molar-refractivity contribution is 7.73. The second kappa shape index (κ2) is 5.27. The number of rotatable bonds is 1. The van der Waals surface area contributed by atoms with E-state index in [1.807, 2.05) is 31.2 Å². The molecule has 0 fully saturated rings. The number of aromatic nitrogens is 1. The highest BCUT2D eigenvalue weighted by atomic mass is 32.1. The molecular weight excluding hydrogens is 312 g/mol. The van der Waals surface area contributed by atoms with E-state index in [-0.39, 0.29) is 11.3 Å². The summed E-state index contributed by atoms with van der Waals surface area (Å²) < 4.78 is 1.34. The van der Waals surface area contributed by atoms with Crippen molar-refractivity contribution in [2.45, 2.75) is 6.92 Å². The minimum absolute atomic E-state index is 0.192. The van der Waals surface area contributed by atoms with Crippen LogP contribution in [0.5, 0.6) is 0 Å². The first-order chi connectivity index (χ1) is 10.6. The van der Waals surface area contributed by atoms with Crippen LogP contribution in [0.15, 0.2) is 24.3 Å². The number of fused-ring (bicyclic) bond motifs is 1. The predicted octanol–water partition coefficient (Wildman–Crippen LogP) is 4.26. The maximum Gasteiger partial charge on any atom is 0.159 e. The van der Waals surface area contributed by atoms with E-state index in [0.29, 0.717) is 15.0 Å². The molecule has 0 saturated heterocycles. The van der Waals surface area contributed by atoms with Crippen molar-refractivity contribution in [1.29, 1.82) is 10.5 Å². The van der Waals surface area contributed by atoms with Gasteiger partial charge in [-0.25, -0.2) is 0 Å². The predicted molar refractivity (Wildman–Crippen MR) is 91.0 cm³/mol. The molecule has 0 spiro atoms. The van der Waals surface area contributed by atoms with Crippen molar-refractivity contribution < 1.29 is 0 Å². The number of hydrogen-bond donors (Lipinski definition) is 2. The summed E-state index contributed by atoms with van der Waals surface area (Å²) in [6, 6.07) is 12.0. The Kier molecular flexibility index (Phi) is 3.42. The maximum absolute atomic E-state index is 9.53. The second-order valence-electron chi connectivity index (χ2n) is 4.85. The molecule has 106 valence electrons. The average molecular weight is 322 g/mol. The number of nitrogens with zero attached hydrogens (tertiary/aromatic N) is 2. The van der Waals surface area contributed by atoms with E-state index in [0.717, 1.165) is 21.4 Å². The van der Waals surface area contributed by atoms with Crippen molar-refractivity contribution in [2.24, 2.45) is 0 Å². The number of thiazole rings is 1. The number of nitrogens with one attached hydrogen (secondary N) is 1. The monoisotopic (exact) mass is 322 g/mol. The van der Waals surface area contributed by atoms with Crippen molar-refractivity contribution in [1.82, 2.24) is 4.98 Å². The number of nitrogens with two attached hydrogens (primary N) is 1. The Morgan fingerprint density at radius 2 is 1.77 bits per heavy atom. The lowest BCUT2D eigenvalue weighted by molar-refractivity contribution is 1.42. The molecule has 0 aliphatic rings. The van der Waals surface area contributed by atoms with E-state index in [2.05, 4.69) is 17.1 Å². The van der Waals surface area contributed by atoms with Gasteiger partial charge in [-0.05, 0) is 24.7 Å². The third-order valence-corrected chi connectivity index (χ3v) is 4.73. The first-order valence-electron chi connectivity index (χ1n) is 6.42. The summed E-state index contributed by atoms with van der Waals surface area (Å²) in [5, 5.41) is 18.9. The van der Waals surface area contributed by atoms with Gasteiger partial charge in [0, 0.05) is 5.56 Å². The zero-order valence-corrected chi connectivity index (χ0v) is 13.2. The molecule has 1 aromatic heterocycles. The molecule has 0 radical (unpaired) electrons. The molecule has 0 unspecified atom stereocenters. The van der Waals surface area contributed by atoms with Crippen molar-refractivity contribution in [2.75, 3.05) is 5.73 Å². The third-order valence-electron chi connectivity index (χ3n) is 3.48. The topological polar surface area (TPSA) is 89.4 Å². The van der Waals surface area contributed by atoms with Gasteiger partial charge in [0.25, 0.3) is 0 Å². The quantitative estimate of drug-likeness (QED) is 0.517. The van der Waals surface area contributed by atoms with E-state index >= 15 is 0 Å². The lowest BCUT2D eigenvalue weighted by atomic mass is 9.95. The number of nitrogen functional groups attached to an aromatic ring is 1. The lowest BCUT2D eigenvalue weighted by Crippen LogP contribution is -1.99. The molecule has 3 aromatic rings. The highest BCUT2D eigenvalue weighted by Gasteiger charge is 2.20. The summed E-state index contributed by atoms with van der Waals surface area (Å²) in [6.45, 7) is 2.00. The lowest BCUT2D eigenvalue weighted by Gasteiger charge is -2.10. The van der Waals surface area contributed by atoms with Gasteiger partial charge in [0.05, 0.1) is 21.5 Å². The molecule has 22 heavy (non-hydrogen) atoms. The molecule has 0 amide bonds. The zero-order chi connectivity index (χ0) is 15.9. The minimum Gasteiger partial charge on any atom is -0.396 e. The Morgan fingerprint density at radius 1 is 1.14 bits per heavy atom. The molecule has 6 heteroatoms. The average Bonchev–Trinajstić information content (AvgIpc) is 2.88. The maximum atomic E-state index is 9.53. The van der Waals surface area contributed by atoms with Crippen LogP contribution >= 0.6 is 23.6 Å². The molecule has 0 atom stereocenters. The van der Waals surface area contributed by atoms with Crippen LogP contribution in [0.3, 0.4) is 0 Å².